The molecule has 17 heavy (non-hydrogen) atoms. The van der Waals surface area contributed by atoms with Crippen molar-refractivity contribution in [3.05, 3.63) is 11.6 Å². The van der Waals surface area contributed by atoms with Crippen LogP contribution in [-0.4, -0.2) is 36.6 Å². The quantitative estimate of drug-likeness (QED) is 0.693. The summed E-state index contributed by atoms with van der Waals surface area (Å²) in [5.41, 5.74) is 0.940. The minimum atomic E-state index is -0.715. The van der Waals surface area contributed by atoms with Crippen molar-refractivity contribution in [2.45, 2.75) is 46.6 Å². The van der Waals surface area contributed by atoms with Gasteiger partial charge in [0.05, 0.1) is 0 Å². The van der Waals surface area contributed by atoms with Gasteiger partial charge in [0.2, 0.25) is 0 Å². The Bertz CT molecular complexity index is 324. The van der Waals surface area contributed by atoms with Crippen molar-refractivity contribution >= 4 is 5.91 Å². The number of ether oxygens (including phenoxy) is 1. The minimum absolute atomic E-state index is 0.0733. The van der Waals surface area contributed by atoms with Crippen LogP contribution >= 0.6 is 0 Å². The summed E-state index contributed by atoms with van der Waals surface area (Å²) < 4.78 is 5.23. The molecule has 0 aromatic carbocycles. The van der Waals surface area contributed by atoms with Crippen molar-refractivity contribution in [3.8, 4) is 0 Å². The summed E-state index contributed by atoms with van der Waals surface area (Å²) in [4.78, 5) is 14.1. The van der Waals surface area contributed by atoms with Gasteiger partial charge in [0.15, 0.2) is 0 Å². The number of carbonyl (C=O) groups excluding carboxylic acids is 1. The maximum absolute atomic E-state index is 12.2. The van der Waals surface area contributed by atoms with Gasteiger partial charge in [0, 0.05) is 20.2 Å². The molecular formula is C14H25NO2. The summed E-state index contributed by atoms with van der Waals surface area (Å²) in [6.07, 6.45) is 3.15. The molecule has 98 valence electrons. The van der Waals surface area contributed by atoms with Crippen molar-refractivity contribution in [2.75, 3.05) is 20.2 Å². The molecule has 1 aliphatic rings. The second-order valence-corrected chi connectivity index (χ2v) is 6.19. The van der Waals surface area contributed by atoms with Gasteiger partial charge in [-0.1, -0.05) is 32.4 Å². The lowest BCUT2D eigenvalue weighted by atomic mass is 9.83. The third-order valence-corrected chi connectivity index (χ3v) is 3.49. The second-order valence-electron chi connectivity index (χ2n) is 6.19. The minimum Gasteiger partial charge on any atom is -0.369 e. The van der Waals surface area contributed by atoms with Crippen LogP contribution in [0.3, 0.4) is 0 Å². The number of rotatable bonds is 2. The van der Waals surface area contributed by atoms with Crippen LogP contribution in [0.4, 0.5) is 0 Å². The van der Waals surface area contributed by atoms with Gasteiger partial charge in [-0.15, -0.1) is 0 Å². The van der Waals surface area contributed by atoms with Crippen LogP contribution in [0.1, 0.15) is 41.0 Å². The monoisotopic (exact) mass is 239 g/mol. The van der Waals surface area contributed by atoms with E-state index in [1.54, 1.807) is 7.11 Å². The van der Waals surface area contributed by atoms with E-state index in [1.807, 2.05) is 18.7 Å². The Labute approximate surface area is 105 Å². The molecule has 0 N–H and O–H groups in total. The summed E-state index contributed by atoms with van der Waals surface area (Å²) in [7, 11) is 1.58. The predicted molar refractivity (Wildman–Crippen MR) is 69.8 cm³/mol. The SMILES string of the molecule is COC(C)(C)C(=O)N1CC=C(C(C)(C)C)CC1. The lowest BCUT2D eigenvalue weighted by Crippen LogP contribution is -2.48. The number of hydrogen-bond acceptors (Lipinski definition) is 2. The zero-order chi connectivity index (χ0) is 13.3. The van der Waals surface area contributed by atoms with Gasteiger partial charge in [0.1, 0.15) is 5.60 Å². The normalized spacial score (nSPS) is 18.0. The molecule has 0 saturated heterocycles. The Hall–Kier alpha value is -0.830. The Balaban J connectivity index is 2.70. The first-order chi connectivity index (χ1) is 7.68. The highest BCUT2D eigenvalue weighted by atomic mass is 16.5. The highest BCUT2D eigenvalue weighted by Gasteiger charge is 2.33. The highest BCUT2D eigenvalue weighted by molar-refractivity contribution is 5.84. The van der Waals surface area contributed by atoms with E-state index in [4.69, 9.17) is 4.74 Å². The predicted octanol–water partition coefficient (Wildman–Crippen LogP) is 2.62. The summed E-state index contributed by atoms with van der Waals surface area (Å²) in [6, 6.07) is 0. The molecule has 1 rings (SSSR count). The van der Waals surface area contributed by atoms with E-state index in [9.17, 15) is 4.79 Å². The molecule has 0 atom stereocenters. The van der Waals surface area contributed by atoms with Gasteiger partial charge in [0.25, 0.3) is 5.91 Å². The van der Waals surface area contributed by atoms with Crippen molar-refractivity contribution in [1.29, 1.82) is 0 Å². The van der Waals surface area contributed by atoms with Gasteiger partial charge in [-0.05, 0) is 25.7 Å². The summed E-state index contributed by atoms with van der Waals surface area (Å²) in [5, 5.41) is 0. The number of methoxy groups -OCH3 is 1. The summed E-state index contributed by atoms with van der Waals surface area (Å²) >= 11 is 0. The van der Waals surface area contributed by atoms with Crippen LogP contribution in [0.25, 0.3) is 0 Å². The van der Waals surface area contributed by atoms with Crippen LogP contribution in [0.15, 0.2) is 11.6 Å². The molecule has 0 spiro atoms. The van der Waals surface area contributed by atoms with E-state index < -0.39 is 5.60 Å². The molecule has 0 aromatic heterocycles. The third kappa shape index (κ3) is 3.32. The molecule has 3 heteroatoms. The standard InChI is InChI=1S/C14H25NO2/c1-13(2,3)11-7-9-15(10-8-11)12(16)14(4,5)17-6/h7H,8-10H2,1-6H3. The lowest BCUT2D eigenvalue weighted by Gasteiger charge is -2.35. The maximum Gasteiger partial charge on any atom is 0.254 e. The number of amides is 1. The Morgan fingerprint density at radius 2 is 1.88 bits per heavy atom. The van der Waals surface area contributed by atoms with E-state index in [0.29, 0.717) is 6.54 Å². The molecule has 3 nitrogen and oxygen atoms in total. The second kappa shape index (κ2) is 4.81. The fourth-order valence-electron chi connectivity index (χ4n) is 2.00. The average molecular weight is 239 g/mol. The van der Waals surface area contributed by atoms with Crippen molar-refractivity contribution in [1.82, 2.24) is 4.90 Å². The Morgan fingerprint density at radius 3 is 2.24 bits per heavy atom. The van der Waals surface area contributed by atoms with Crippen molar-refractivity contribution in [2.24, 2.45) is 5.41 Å². The van der Waals surface area contributed by atoms with Crippen LogP contribution in [-0.2, 0) is 9.53 Å². The molecule has 0 bridgehead atoms. The molecule has 0 fully saturated rings. The van der Waals surface area contributed by atoms with Gasteiger partial charge in [-0.3, -0.25) is 4.79 Å². The van der Waals surface area contributed by atoms with Gasteiger partial charge in [-0.2, -0.15) is 0 Å². The number of carbonyl (C=O) groups is 1. The summed E-state index contributed by atoms with van der Waals surface area (Å²) in [6.45, 7) is 11.8. The maximum atomic E-state index is 12.2. The van der Waals surface area contributed by atoms with Gasteiger partial charge >= 0.3 is 0 Å². The first-order valence-electron chi connectivity index (χ1n) is 6.22. The first kappa shape index (κ1) is 14.2. The molecule has 0 radical (unpaired) electrons. The lowest BCUT2D eigenvalue weighted by molar-refractivity contribution is -0.150. The van der Waals surface area contributed by atoms with E-state index >= 15 is 0 Å². The smallest absolute Gasteiger partial charge is 0.254 e. The largest absolute Gasteiger partial charge is 0.369 e. The molecule has 1 heterocycles. The van der Waals surface area contributed by atoms with Crippen LogP contribution in [0, 0.1) is 5.41 Å². The van der Waals surface area contributed by atoms with E-state index in [0.717, 1.165) is 13.0 Å². The fourth-order valence-corrected chi connectivity index (χ4v) is 2.00. The molecule has 1 aliphatic heterocycles. The first-order valence-corrected chi connectivity index (χ1v) is 6.22. The number of nitrogens with zero attached hydrogens (tertiary/aromatic N) is 1. The molecule has 0 aromatic rings. The summed E-state index contributed by atoms with van der Waals surface area (Å²) in [5.74, 6) is 0.0733. The topological polar surface area (TPSA) is 29.5 Å². The Kier molecular flexibility index (Phi) is 4.03. The van der Waals surface area contributed by atoms with Gasteiger partial charge < -0.3 is 9.64 Å². The fraction of sp³-hybridized carbons (Fsp3) is 0.786. The number of hydrogen-bond donors (Lipinski definition) is 0. The van der Waals surface area contributed by atoms with Crippen molar-refractivity contribution < 1.29 is 9.53 Å². The van der Waals surface area contributed by atoms with Gasteiger partial charge in [-0.25, -0.2) is 0 Å². The zero-order valence-corrected chi connectivity index (χ0v) is 12.0. The third-order valence-electron chi connectivity index (χ3n) is 3.49. The van der Waals surface area contributed by atoms with Crippen LogP contribution in [0.5, 0.6) is 0 Å². The van der Waals surface area contributed by atoms with Crippen LogP contribution in [0.2, 0.25) is 0 Å². The average Bonchev–Trinajstić information content (AvgIpc) is 2.27. The molecule has 0 saturated carbocycles. The molecule has 0 aliphatic carbocycles. The molecule has 1 amide bonds. The molecular weight excluding hydrogens is 214 g/mol. The molecule has 0 unspecified atom stereocenters. The highest BCUT2D eigenvalue weighted by Crippen LogP contribution is 2.30. The van der Waals surface area contributed by atoms with Crippen molar-refractivity contribution in [3.63, 3.8) is 0 Å². The Morgan fingerprint density at radius 1 is 1.29 bits per heavy atom. The van der Waals surface area contributed by atoms with E-state index in [-0.39, 0.29) is 11.3 Å². The van der Waals surface area contributed by atoms with E-state index in [2.05, 4.69) is 26.8 Å². The zero-order valence-electron chi connectivity index (χ0n) is 12.0. The van der Waals surface area contributed by atoms with Crippen LogP contribution < -0.4 is 0 Å². The van der Waals surface area contributed by atoms with E-state index in [1.165, 1.54) is 5.57 Å².